The molecule has 0 atom stereocenters. The standard InChI is InChI=1S/C20H16N2OS/c1-14-17-19(24-18(14)16-10-6-3-7-11-16)21-13-22(20(17)23)12-15-8-4-2-5-9-15/h2-11,13H,12H2,1H3. The van der Waals surface area contributed by atoms with E-state index >= 15 is 0 Å². The van der Waals surface area contributed by atoms with E-state index in [-0.39, 0.29) is 5.56 Å². The highest BCUT2D eigenvalue weighted by Crippen LogP contribution is 2.35. The van der Waals surface area contributed by atoms with Crippen molar-refractivity contribution in [2.45, 2.75) is 13.5 Å². The number of fused-ring (bicyclic) bond motifs is 1. The van der Waals surface area contributed by atoms with Crippen LogP contribution in [0.1, 0.15) is 11.1 Å². The fourth-order valence-corrected chi connectivity index (χ4v) is 4.06. The highest BCUT2D eigenvalue weighted by atomic mass is 32.1. The summed E-state index contributed by atoms with van der Waals surface area (Å²) in [7, 11) is 0. The molecule has 24 heavy (non-hydrogen) atoms. The first-order valence-electron chi connectivity index (χ1n) is 7.82. The van der Waals surface area contributed by atoms with Gasteiger partial charge in [0.05, 0.1) is 18.3 Å². The van der Waals surface area contributed by atoms with Gasteiger partial charge in [0.2, 0.25) is 0 Å². The Kier molecular flexibility index (Phi) is 3.75. The fourth-order valence-electron chi connectivity index (χ4n) is 2.92. The summed E-state index contributed by atoms with van der Waals surface area (Å²) in [4.78, 5) is 19.4. The zero-order chi connectivity index (χ0) is 16.5. The first-order valence-corrected chi connectivity index (χ1v) is 8.63. The molecule has 0 aliphatic carbocycles. The molecule has 0 saturated carbocycles. The van der Waals surface area contributed by atoms with Gasteiger partial charge < -0.3 is 0 Å². The van der Waals surface area contributed by atoms with Crippen LogP contribution in [0.25, 0.3) is 20.7 Å². The van der Waals surface area contributed by atoms with Crippen molar-refractivity contribution in [3.63, 3.8) is 0 Å². The Labute approximate surface area is 143 Å². The van der Waals surface area contributed by atoms with E-state index in [9.17, 15) is 4.79 Å². The van der Waals surface area contributed by atoms with Crippen molar-refractivity contribution in [3.05, 3.63) is 88.5 Å². The molecular formula is C20H16N2OS. The van der Waals surface area contributed by atoms with E-state index in [1.54, 1.807) is 22.2 Å². The number of hydrogen-bond acceptors (Lipinski definition) is 3. The minimum atomic E-state index is 0.0276. The zero-order valence-electron chi connectivity index (χ0n) is 13.3. The van der Waals surface area contributed by atoms with Crippen molar-refractivity contribution >= 4 is 21.6 Å². The molecule has 4 aromatic rings. The van der Waals surface area contributed by atoms with Crippen LogP contribution in [0.5, 0.6) is 0 Å². The van der Waals surface area contributed by atoms with E-state index in [0.717, 1.165) is 31.8 Å². The van der Waals surface area contributed by atoms with E-state index in [2.05, 4.69) is 17.1 Å². The second-order valence-electron chi connectivity index (χ2n) is 5.77. The van der Waals surface area contributed by atoms with E-state index in [4.69, 9.17) is 0 Å². The Morgan fingerprint density at radius 2 is 1.67 bits per heavy atom. The predicted molar refractivity (Wildman–Crippen MR) is 99.6 cm³/mol. The maximum Gasteiger partial charge on any atom is 0.262 e. The minimum Gasteiger partial charge on any atom is -0.294 e. The van der Waals surface area contributed by atoms with E-state index in [0.29, 0.717) is 6.54 Å². The number of aryl methyl sites for hydroxylation is 1. The Bertz CT molecular complexity index is 1050. The first-order chi connectivity index (χ1) is 11.7. The average molecular weight is 332 g/mol. The van der Waals surface area contributed by atoms with Gasteiger partial charge in [-0.05, 0) is 23.6 Å². The third-order valence-corrected chi connectivity index (χ3v) is 5.40. The molecule has 2 aromatic heterocycles. The third-order valence-electron chi connectivity index (χ3n) is 4.15. The molecule has 2 heterocycles. The lowest BCUT2D eigenvalue weighted by atomic mass is 10.1. The van der Waals surface area contributed by atoms with Gasteiger partial charge in [-0.3, -0.25) is 9.36 Å². The van der Waals surface area contributed by atoms with Crippen LogP contribution in [0.2, 0.25) is 0 Å². The molecule has 3 nitrogen and oxygen atoms in total. The molecule has 0 fully saturated rings. The second kappa shape index (κ2) is 6.06. The maximum absolute atomic E-state index is 12.9. The molecule has 2 aromatic carbocycles. The van der Waals surface area contributed by atoms with Crippen LogP contribution in [-0.2, 0) is 6.54 Å². The summed E-state index contributed by atoms with van der Waals surface area (Å²) in [6.45, 7) is 2.55. The molecule has 118 valence electrons. The summed E-state index contributed by atoms with van der Waals surface area (Å²) in [5.41, 5.74) is 3.27. The van der Waals surface area contributed by atoms with Gasteiger partial charge >= 0.3 is 0 Å². The van der Waals surface area contributed by atoms with Crippen LogP contribution in [-0.4, -0.2) is 9.55 Å². The predicted octanol–water partition coefficient (Wildman–Crippen LogP) is 4.48. The van der Waals surface area contributed by atoms with Gasteiger partial charge in [0.15, 0.2) is 0 Å². The maximum atomic E-state index is 12.9. The first kappa shape index (κ1) is 14.8. The third kappa shape index (κ3) is 2.55. The van der Waals surface area contributed by atoms with Gasteiger partial charge in [0.25, 0.3) is 5.56 Å². The molecule has 4 rings (SSSR count). The molecule has 0 N–H and O–H groups in total. The van der Waals surface area contributed by atoms with Crippen molar-refractivity contribution in [3.8, 4) is 10.4 Å². The number of aromatic nitrogens is 2. The van der Waals surface area contributed by atoms with Crippen molar-refractivity contribution in [2.75, 3.05) is 0 Å². The molecule has 0 unspecified atom stereocenters. The van der Waals surface area contributed by atoms with Crippen LogP contribution in [0, 0.1) is 6.92 Å². The normalized spacial score (nSPS) is 11.0. The lowest BCUT2D eigenvalue weighted by Crippen LogP contribution is -2.21. The van der Waals surface area contributed by atoms with Gasteiger partial charge in [0, 0.05) is 4.88 Å². The smallest absolute Gasteiger partial charge is 0.262 e. The van der Waals surface area contributed by atoms with Crippen LogP contribution < -0.4 is 5.56 Å². The topological polar surface area (TPSA) is 34.9 Å². The number of rotatable bonds is 3. The molecule has 0 amide bonds. The van der Waals surface area contributed by atoms with Crippen molar-refractivity contribution in [2.24, 2.45) is 0 Å². The fraction of sp³-hybridized carbons (Fsp3) is 0.100. The highest BCUT2D eigenvalue weighted by Gasteiger charge is 2.15. The summed E-state index contributed by atoms with van der Waals surface area (Å²) < 4.78 is 1.69. The Morgan fingerprint density at radius 3 is 2.38 bits per heavy atom. The monoisotopic (exact) mass is 332 g/mol. The summed E-state index contributed by atoms with van der Waals surface area (Å²) >= 11 is 1.58. The van der Waals surface area contributed by atoms with Gasteiger partial charge in [-0.15, -0.1) is 11.3 Å². The number of benzene rings is 2. The Balaban J connectivity index is 1.85. The SMILES string of the molecule is Cc1c(-c2ccccc2)sc2ncn(Cc3ccccc3)c(=O)c12. The van der Waals surface area contributed by atoms with Crippen LogP contribution in [0.3, 0.4) is 0 Å². The quantitative estimate of drug-likeness (QED) is 0.554. The molecule has 0 aliphatic rings. The highest BCUT2D eigenvalue weighted by molar-refractivity contribution is 7.22. The van der Waals surface area contributed by atoms with Gasteiger partial charge in [0.1, 0.15) is 4.83 Å². The summed E-state index contributed by atoms with van der Waals surface area (Å²) in [5.74, 6) is 0. The molecule has 0 bridgehead atoms. The van der Waals surface area contributed by atoms with Crippen molar-refractivity contribution in [1.29, 1.82) is 0 Å². The van der Waals surface area contributed by atoms with E-state index in [1.807, 2.05) is 55.5 Å². The lowest BCUT2D eigenvalue weighted by molar-refractivity contribution is 0.749. The summed E-state index contributed by atoms with van der Waals surface area (Å²) in [6, 6.07) is 20.1. The lowest BCUT2D eigenvalue weighted by Gasteiger charge is -2.05. The molecule has 4 heteroatoms. The second-order valence-corrected chi connectivity index (χ2v) is 6.76. The van der Waals surface area contributed by atoms with Crippen LogP contribution in [0.15, 0.2) is 71.8 Å². The number of thiophene rings is 1. The average Bonchev–Trinajstić information content (AvgIpc) is 2.96. The summed E-state index contributed by atoms with van der Waals surface area (Å²) in [5, 5.41) is 0.734. The van der Waals surface area contributed by atoms with Gasteiger partial charge in [-0.2, -0.15) is 0 Å². The van der Waals surface area contributed by atoms with E-state index in [1.165, 1.54) is 0 Å². The van der Waals surface area contributed by atoms with Crippen LogP contribution in [0.4, 0.5) is 0 Å². The van der Waals surface area contributed by atoms with E-state index < -0.39 is 0 Å². The molecular weight excluding hydrogens is 316 g/mol. The largest absolute Gasteiger partial charge is 0.294 e. The molecule has 0 aliphatic heterocycles. The van der Waals surface area contributed by atoms with Crippen molar-refractivity contribution in [1.82, 2.24) is 9.55 Å². The molecule has 0 saturated heterocycles. The van der Waals surface area contributed by atoms with Gasteiger partial charge in [-0.25, -0.2) is 4.98 Å². The molecule has 0 spiro atoms. The van der Waals surface area contributed by atoms with Gasteiger partial charge in [-0.1, -0.05) is 60.7 Å². The number of hydrogen-bond donors (Lipinski definition) is 0. The Hall–Kier alpha value is -2.72. The Morgan fingerprint density at radius 1 is 1.00 bits per heavy atom. The molecule has 0 radical (unpaired) electrons. The van der Waals surface area contributed by atoms with Crippen LogP contribution >= 0.6 is 11.3 Å². The summed E-state index contributed by atoms with van der Waals surface area (Å²) in [6.07, 6.45) is 1.66. The minimum absolute atomic E-state index is 0.0276. The van der Waals surface area contributed by atoms with Crippen molar-refractivity contribution < 1.29 is 0 Å². The number of nitrogens with zero attached hydrogens (tertiary/aromatic N) is 2. The zero-order valence-corrected chi connectivity index (χ0v) is 14.1.